The minimum atomic E-state index is 0.648. The van der Waals surface area contributed by atoms with Crippen molar-refractivity contribution in [3.63, 3.8) is 0 Å². The molecule has 2 aromatic rings. The molecule has 4 heteroatoms. The normalized spacial score (nSPS) is 16.3. The molecule has 1 N–H and O–H groups in total. The van der Waals surface area contributed by atoms with Gasteiger partial charge in [-0.15, -0.1) is 0 Å². The lowest BCUT2D eigenvalue weighted by Gasteiger charge is -2.26. The van der Waals surface area contributed by atoms with E-state index in [9.17, 15) is 0 Å². The molecule has 0 amide bonds. The molecular weight excluding hydrogens is 204 g/mol. The smallest absolute Gasteiger partial charge is 0.192 e. The number of nitrogens with one attached hydrogen (secondary N) is 1. The van der Waals surface area contributed by atoms with Crippen molar-refractivity contribution in [2.24, 2.45) is 5.92 Å². The highest BCUT2D eigenvalue weighted by Crippen LogP contribution is 2.21. The van der Waals surface area contributed by atoms with Crippen molar-refractivity contribution in [1.29, 1.82) is 0 Å². The quantitative estimate of drug-likeness (QED) is 0.852. The van der Waals surface area contributed by atoms with Gasteiger partial charge in [-0.2, -0.15) is 0 Å². The number of aromatic nitrogens is 1. The van der Waals surface area contributed by atoms with Gasteiger partial charge in [0.1, 0.15) is 11.3 Å². The summed E-state index contributed by atoms with van der Waals surface area (Å²) in [5, 5.41) is 3.22. The van der Waals surface area contributed by atoms with Crippen LogP contribution in [-0.2, 0) is 0 Å². The lowest BCUT2D eigenvalue weighted by atomic mass is 10.1. The number of ether oxygens (including phenoxy) is 1. The van der Waals surface area contributed by atoms with Crippen LogP contribution in [0.3, 0.4) is 0 Å². The standard InChI is InChI=1S/C12H14N2O2/c1-8-14-11-4-10(2-3-12(11)16-8)15-7-9-5-13-6-9/h2-4,9,13H,5-7H2,1H3. The molecule has 0 atom stereocenters. The maximum atomic E-state index is 5.71. The van der Waals surface area contributed by atoms with E-state index in [-0.39, 0.29) is 0 Å². The molecule has 1 saturated heterocycles. The lowest BCUT2D eigenvalue weighted by Crippen LogP contribution is -2.45. The summed E-state index contributed by atoms with van der Waals surface area (Å²) in [4.78, 5) is 4.28. The van der Waals surface area contributed by atoms with Crippen LogP contribution in [0.15, 0.2) is 22.6 Å². The summed E-state index contributed by atoms with van der Waals surface area (Å²) in [6.45, 7) is 4.74. The second-order valence-corrected chi connectivity index (χ2v) is 4.20. The zero-order valence-corrected chi connectivity index (χ0v) is 9.19. The van der Waals surface area contributed by atoms with Gasteiger partial charge in [0.25, 0.3) is 0 Å². The fourth-order valence-electron chi connectivity index (χ4n) is 1.79. The zero-order valence-electron chi connectivity index (χ0n) is 9.19. The summed E-state index contributed by atoms with van der Waals surface area (Å²) < 4.78 is 11.1. The Morgan fingerprint density at radius 3 is 3.12 bits per heavy atom. The molecule has 1 fully saturated rings. The van der Waals surface area contributed by atoms with Crippen LogP contribution in [-0.4, -0.2) is 24.7 Å². The number of rotatable bonds is 3. The van der Waals surface area contributed by atoms with Gasteiger partial charge < -0.3 is 14.5 Å². The van der Waals surface area contributed by atoms with Gasteiger partial charge in [0, 0.05) is 32.0 Å². The molecule has 84 valence electrons. The first-order valence-corrected chi connectivity index (χ1v) is 5.52. The number of hydrogen-bond acceptors (Lipinski definition) is 4. The van der Waals surface area contributed by atoms with Crippen molar-refractivity contribution in [2.45, 2.75) is 6.92 Å². The van der Waals surface area contributed by atoms with E-state index in [4.69, 9.17) is 9.15 Å². The maximum absolute atomic E-state index is 5.71. The van der Waals surface area contributed by atoms with Crippen molar-refractivity contribution in [3.8, 4) is 5.75 Å². The molecule has 0 spiro atoms. The topological polar surface area (TPSA) is 47.3 Å². The Bertz CT molecular complexity index is 503. The van der Waals surface area contributed by atoms with Crippen LogP contribution < -0.4 is 10.1 Å². The zero-order chi connectivity index (χ0) is 11.0. The predicted molar refractivity (Wildman–Crippen MR) is 60.6 cm³/mol. The van der Waals surface area contributed by atoms with Gasteiger partial charge in [0.15, 0.2) is 11.5 Å². The van der Waals surface area contributed by atoms with Gasteiger partial charge in [-0.3, -0.25) is 0 Å². The Balaban J connectivity index is 1.75. The van der Waals surface area contributed by atoms with E-state index in [1.165, 1.54) is 0 Å². The van der Waals surface area contributed by atoms with Gasteiger partial charge in [-0.25, -0.2) is 4.98 Å². The van der Waals surface area contributed by atoms with Crippen LogP contribution in [0.1, 0.15) is 5.89 Å². The third kappa shape index (κ3) is 1.76. The lowest BCUT2D eigenvalue weighted by molar-refractivity contribution is 0.199. The van der Waals surface area contributed by atoms with Gasteiger partial charge in [0.2, 0.25) is 0 Å². The highest BCUT2D eigenvalue weighted by molar-refractivity contribution is 5.74. The first-order chi connectivity index (χ1) is 7.81. The first kappa shape index (κ1) is 9.66. The molecular formula is C12H14N2O2. The Kier molecular flexibility index (Phi) is 2.29. The molecule has 0 saturated carbocycles. The second kappa shape index (κ2) is 3.79. The van der Waals surface area contributed by atoms with Crippen LogP contribution in [0.4, 0.5) is 0 Å². The van der Waals surface area contributed by atoms with Crippen molar-refractivity contribution >= 4 is 11.1 Å². The van der Waals surface area contributed by atoms with Crippen LogP contribution in [0.5, 0.6) is 5.75 Å². The number of fused-ring (bicyclic) bond motifs is 1. The number of oxazole rings is 1. The van der Waals surface area contributed by atoms with Crippen molar-refractivity contribution in [2.75, 3.05) is 19.7 Å². The predicted octanol–water partition coefficient (Wildman–Crippen LogP) is 1.73. The Morgan fingerprint density at radius 1 is 1.50 bits per heavy atom. The van der Waals surface area contributed by atoms with Crippen molar-refractivity contribution in [1.82, 2.24) is 10.3 Å². The molecule has 0 radical (unpaired) electrons. The van der Waals surface area contributed by atoms with Crippen LogP contribution in [0.2, 0.25) is 0 Å². The molecule has 0 unspecified atom stereocenters. The Hall–Kier alpha value is -1.55. The SMILES string of the molecule is Cc1nc2cc(OCC3CNC3)ccc2o1. The summed E-state index contributed by atoms with van der Waals surface area (Å²) in [5.41, 5.74) is 1.68. The van der Waals surface area contributed by atoms with E-state index in [2.05, 4.69) is 10.3 Å². The fraction of sp³-hybridized carbons (Fsp3) is 0.417. The molecule has 3 rings (SSSR count). The van der Waals surface area contributed by atoms with Crippen LogP contribution in [0, 0.1) is 12.8 Å². The monoisotopic (exact) mass is 218 g/mol. The van der Waals surface area contributed by atoms with Gasteiger partial charge in [-0.05, 0) is 12.1 Å². The van der Waals surface area contributed by atoms with Gasteiger partial charge >= 0.3 is 0 Å². The van der Waals surface area contributed by atoms with E-state index in [1.807, 2.05) is 25.1 Å². The summed E-state index contributed by atoms with van der Waals surface area (Å²) in [5.74, 6) is 2.21. The van der Waals surface area contributed by atoms with Crippen molar-refractivity contribution in [3.05, 3.63) is 24.1 Å². The Morgan fingerprint density at radius 2 is 2.38 bits per heavy atom. The van der Waals surface area contributed by atoms with Crippen LogP contribution >= 0.6 is 0 Å². The van der Waals surface area contributed by atoms with E-state index < -0.39 is 0 Å². The molecule has 1 aliphatic heterocycles. The van der Waals surface area contributed by atoms with E-state index in [1.54, 1.807) is 0 Å². The highest BCUT2D eigenvalue weighted by atomic mass is 16.5. The minimum Gasteiger partial charge on any atom is -0.493 e. The maximum Gasteiger partial charge on any atom is 0.192 e. The second-order valence-electron chi connectivity index (χ2n) is 4.20. The van der Waals surface area contributed by atoms with Crippen molar-refractivity contribution < 1.29 is 9.15 Å². The molecule has 16 heavy (non-hydrogen) atoms. The summed E-state index contributed by atoms with van der Waals surface area (Å²) in [6, 6.07) is 5.76. The number of benzene rings is 1. The van der Waals surface area contributed by atoms with E-state index >= 15 is 0 Å². The number of nitrogens with zero attached hydrogens (tertiary/aromatic N) is 1. The number of hydrogen-bond donors (Lipinski definition) is 1. The summed E-state index contributed by atoms with van der Waals surface area (Å²) >= 11 is 0. The van der Waals surface area contributed by atoms with Gasteiger partial charge in [-0.1, -0.05) is 0 Å². The molecule has 1 aliphatic rings. The van der Waals surface area contributed by atoms with E-state index in [0.29, 0.717) is 11.8 Å². The fourth-order valence-corrected chi connectivity index (χ4v) is 1.79. The molecule has 1 aromatic carbocycles. The summed E-state index contributed by atoms with van der Waals surface area (Å²) in [6.07, 6.45) is 0. The average molecular weight is 218 g/mol. The highest BCUT2D eigenvalue weighted by Gasteiger charge is 2.17. The summed E-state index contributed by atoms with van der Waals surface area (Å²) in [7, 11) is 0. The third-order valence-electron chi connectivity index (χ3n) is 2.82. The van der Waals surface area contributed by atoms with Crippen LogP contribution in [0.25, 0.3) is 11.1 Å². The largest absolute Gasteiger partial charge is 0.493 e. The first-order valence-electron chi connectivity index (χ1n) is 5.52. The minimum absolute atomic E-state index is 0.648. The molecule has 2 heterocycles. The molecule has 4 nitrogen and oxygen atoms in total. The molecule has 0 aliphatic carbocycles. The molecule has 0 bridgehead atoms. The third-order valence-corrected chi connectivity index (χ3v) is 2.82. The van der Waals surface area contributed by atoms with E-state index in [0.717, 1.165) is 36.5 Å². The molecule has 1 aromatic heterocycles. The average Bonchev–Trinajstić information content (AvgIpc) is 2.55. The number of aryl methyl sites for hydroxylation is 1. The van der Waals surface area contributed by atoms with Gasteiger partial charge in [0.05, 0.1) is 6.61 Å². The Labute approximate surface area is 93.6 Å².